The molecule has 0 aliphatic carbocycles. The second-order valence-corrected chi connectivity index (χ2v) is 4.23. The standard InChI is InChI=1S/C12H17FN6O/c1-3-5-15-12-16-7-9(13)11(18-12)14-6-4-10-17-8(2)19-20-10/h7H,3-6H2,1-2H3,(H2,14,15,16,18). The topological polar surface area (TPSA) is 88.8 Å². The van der Waals surface area contributed by atoms with Crippen molar-refractivity contribution < 1.29 is 8.91 Å². The van der Waals surface area contributed by atoms with Gasteiger partial charge in [-0.05, 0) is 13.3 Å². The second kappa shape index (κ2) is 6.78. The molecule has 0 aliphatic heterocycles. The Kier molecular flexibility index (Phi) is 4.80. The van der Waals surface area contributed by atoms with Crippen molar-refractivity contribution in [2.24, 2.45) is 0 Å². The van der Waals surface area contributed by atoms with Crippen LogP contribution in [0.5, 0.6) is 0 Å². The zero-order valence-corrected chi connectivity index (χ0v) is 11.5. The van der Waals surface area contributed by atoms with Gasteiger partial charge >= 0.3 is 0 Å². The molecule has 8 heteroatoms. The lowest BCUT2D eigenvalue weighted by Crippen LogP contribution is -2.11. The van der Waals surface area contributed by atoms with Crippen LogP contribution in [0, 0.1) is 12.7 Å². The molecule has 2 N–H and O–H groups in total. The molecule has 0 aromatic carbocycles. The Morgan fingerprint density at radius 3 is 2.80 bits per heavy atom. The van der Waals surface area contributed by atoms with Crippen molar-refractivity contribution in [3.8, 4) is 0 Å². The van der Waals surface area contributed by atoms with Crippen molar-refractivity contribution in [2.45, 2.75) is 26.7 Å². The molecular formula is C12H17FN6O. The summed E-state index contributed by atoms with van der Waals surface area (Å²) in [5, 5.41) is 9.58. The van der Waals surface area contributed by atoms with Crippen LogP contribution in [0.25, 0.3) is 0 Å². The van der Waals surface area contributed by atoms with Gasteiger partial charge in [-0.25, -0.2) is 9.37 Å². The number of nitrogens with zero attached hydrogens (tertiary/aromatic N) is 4. The van der Waals surface area contributed by atoms with E-state index in [1.165, 1.54) is 0 Å². The lowest BCUT2D eigenvalue weighted by Gasteiger charge is -2.07. The van der Waals surface area contributed by atoms with Crippen LogP contribution >= 0.6 is 0 Å². The van der Waals surface area contributed by atoms with E-state index in [1.54, 1.807) is 6.92 Å². The number of anilines is 2. The van der Waals surface area contributed by atoms with Crippen molar-refractivity contribution in [3.05, 3.63) is 23.7 Å². The lowest BCUT2D eigenvalue weighted by molar-refractivity contribution is 0.377. The van der Waals surface area contributed by atoms with Gasteiger partial charge in [0, 0.05) is 19.5 Å². The Hall–Kier alpha value is -2.25. The maximum atomic E-state index is 13.6. The van der Waals surface area contributed by atoms with E-state index >= 15 is 0 Å². The second-order valence-electron chi connectivity index (χ2n) is 4.23. The first-order valence-corrected chi connectivity index (χ1v) is 6.48. The number of hydrogen-bond donors (Lipinski definition) is 2. The first-order valence-electron chi connectivity index (χ1n) is 6.48. The SMILES string of the molecule is CCCNc1ncc(F)c(NCCc2nc(C)no2)n1. The number of nitrogens with one attached hydrogen (secondary N) is 2. The highest BCUT2D eigenvalue weighted by Crippen LogP contribution is 2.12. The third-order valence-electron chi connectivity index (χ3n) is 2.48. The molecule has 0 fully saturated rings. The van der Waals surface area contributed by atoms with Crippen LogP contribution in [-0.4, -0.2) is 33.2 Å². The Bertz CT molecular complexity index is 559. The van der Waals surface area contributed by atoms with Gasteiger partial charge in [-0.15, -0.1) is 0 Å². The molecule has 0 atom stereocenters. The van der Waals surface area contributed by atoms with Crippen LogP contribution < -0.4 is 10.6 Å². The summed E-state index contributed by atoms with van der Waals surface area (Å²) in [5.74, 6) is 1.17. The van der Waals surface area contributed by atoms with E-state index in [9.17, 15) is 4.39 Å². The molecule has 0 bridgehead atoms. The van der Waals surface area contributed by atoms with E-state index in [2.05, 4.69) is 30.7 Å². The maximum absolute atomic E-state index is 13.6. The largest absolute Gasteiger partial charge is 0.367 e. The summed E-state index contributed by atoms with van der Waals surface area (Å²) in [6.45, 7) is 4.97. The smallest absolute Gasteiger partial charge is 0.228 e. The Morgan fingerprint density at radius 1 is 1.25 bits per heavy atom. The molecule has 0 spiro atoms. The first kappa shape index (κ1) is 14.2. The van der Waals surface area contributed by atoms with Crippen molar-refractivity contribution in [2.75, 3.05) is 23.7 Å². The summed E-state index contributed by atoms with van der Waals surface area (Å²) < 4.78 is 18.5. The number of halogens is 1. The first-order chi connectivity index (χ1) is 9.69. The predicted molar refractivity (Wildman–Crippen MR) is 72.0 cm³/mol. The van der Waals surface area contributed by atoms with Gasteiger partial charge < -0.3 is 15.2 Å². The van der Waals surface area contributed by atoms with Crippen molar-refractivity contribution >= 4 is 11.8 Å². The Balaban J connectivity index is 1.90. The minimum absolute atomic E-state index is 0.162. The fraction of sp³-hybridized carbons (Fsp3) is 0.500. The molecule has 0 radical (unpaired) electrons. The van der Waals surface area contributed by atoms with E-state index in [0.717, 1.165) is 19.2 Å². The monoisotopic (exact) mass is 280 g/mol. The van der Waals surface area contributed by atoms with E-state index in [1.807, 2.05) is 6.92 Å². The van der Waals surface area contributed by atoms with Gasteiger partial charge in [-0.2, -0.15) is 9.97 Å². The number of rotatable bonds is 7. The van der Waals surface area contributed by atoms with Crippen molar-refractivity contribution in [3.63, 3.8) is 0 Å². The molecule has 0 saturated carbocycles. The number of aryl methyl sites for hydroxylation is 1. The highest BCUT2D eigenvalue weighted by atomic mass is 19.1. The fourth-order valence-electron chi connectivity index (χ4n) is 1.54. The molecule has 0 aliphatic rings. The quantitative estimate of drug-likeness (QED) is 0.799. The van der Waals surface area contributed by atoms with Gasteiger partial charge in [-0.3, -0.25) is 0 Å². The summed E-state index contributed by atoms with van der Waals surface area (Å²) >= 11 is 0. The third-order valence-corrected chi connectivity index (χ3v) is 2.48. The molecule has 7 nitrogen and oxygen atoms in total. The van der Waals surface area contributed by atoms with Gasteiger partial charge in [0.05, 0.1) is 6.20 Å². The summed E-state index contributed by atoms with van der Waals surface area (Å²) in [6.07, 6.45) is 2.59. The van der Waals surface area contributed by atoms with Gasteiger partial charge in [0.25, 0.3) is 0 Å². The molecule has 20 heavy (non-hydrogen) atoms. The minimum Gasteiger partial charge on any atom is -0.367 e. The molecule has 2 heterocycles. The molecule has 2 rings (SSSR count). The van der Waals surface area contributed by atoms with E-state index in [4.69, 9.17) is 4.52 Å². The fourth-order valence-corrected chi connectivity index (χ4v) is 1.54. The zero-order valence-electron chi connectivity index (χ0n) is 11.5. The molecule has 0 saturated heterocycles. The predicted octanol–water partition coefficient (Wildman–Crippen LogP) is 1.78. The average Bonchev–Trinajstić information content (AvgIpc) is 2.85. The molecule has 0 amide bonds. The number of aromatic nitrogens is 4. The van der Waals surface area contributed by atoms with Gasteiger partial charge in [0.1, 0.15) is 0 Å². The highest BCUT2D eigenvalue weighted by Gasteiger charge is 2.07. The summed E-state index contributed by atoms with van der Waals surface area (Å²) in [7, 11) is 0. The van der Waals surface area contributed by atoms with E-state index in [0.29, 0.717) is 30.6 Å². The number of hydrogen-bond acceptors (Lipinski definition) is 7. The zero-order chi connectivity index (χ0) is 14.4. The average molecular weight is 280 g/mol. The van der Waals surface area contributed by atoms with Gasteiger partial charge in [0.2, 0.25) is 11.8 Å². The molecular weight excluding hydrogens is 263 g/mol. The summed E-state index contributed by atoms with van der Waals surface area (Å²) in [5.41, 5.74) is 0. The molecule has 108 valence electrons. The van der Waals surface area contributed by atoms with Crippen LogP contribution in [0.1, 0.15) is 25.1 Å². The Morgan fingerprint density at radius 2 is 2.10 bits per heavy atom. The highest BCUT2D eigenvalue weighted by molar-refractivity contribution is 5.40. The maximum Gasteiger partial charge on any atom is 0.228 e. The van der Waals surface area contributed by atoms with Crippen molar-refractivity contribution in [1.82, 2.24) is 20.1 Å². The Labute approximate surface area is 116 Å². The molecule has 2 aromatic rings. The van der Waals surface area contributed by atoms with Crippen LogP contribution in [0.4, 0.5) is 16.2 Å². The van der Waals surface area contributed by atoms with Gasteiger partial charge in [-0.1, -0.05) is 12.1 Å². The normalized spacial score (nSPS) is 10.6. The van der Waals surface area contributed by atoms with Crippen LogP contribution in [0.2, 0.25) is 0 Å². The van der Waals surface area contributed by atoms with Crippen LogP contribution in [0.15, 0.2) is 10.7 Å². The summed E-state index contributed by atoms with van der Waals surface area (Å²) in [6, 6.07) is 0. The molecule has 0 unspecified atom stereocenters. The van der Waals surface area contributed by atoms with E-state index < -0.39 is 5.82 Å². The van der Waals surface area contributed by atoms with E-state index in [-0.39, 0.29) is 5.82 Å². The minimum atomic E-state index is -0.492. The summed E-state index contributed by atoms with van der Waals surface area (Å²) in [4.78, 5) is 12.0. The third kappa shape index (κ3) is 3.87. The van der Waals surface area contributed by atoms with Gasteiger partial charge in [0.15, 0.2) is 17.5 Å². The molecule has 2 aromatic heterocycles. The van der Waals surface area contributed by atoms with Crippen LogP contribution in [0.3, 0.4) is 0 Å². The lowest BCUT2D eigenvalue weighted by atomic mass is 10.4. The van der Waals surface area contributed by atoms with Crippen LogP contribution in [-0.2, 0) is 6.42 Å². The van der Waals surface area contributed by atoms with Crippen molar-refractivity contribution in [1.29, 1.82) is 0 Å².